The highest BCUT2D eigenvalue weighted by molar-refractivity contribution is 5.73. The van der Waals surface area contributed by atoms with E-state index in [-0.39, 0.29) is 12.6 Å². The third-order valence-corrected chi connectivity index (χ3v) is 1.54. The van der Waals surface area contributed by atoms with Crippen LogP contribution in [0.1, 0.15) is 25.7 Å². The van der Waals surface area contributed by atoms with Crippen LogP contribution in [0, 0.1) is 0 Å². The Balaban J connectivity index is 2.86. The van der Waals surface area contributed by atoms with Gasteiger partial charge in [-0.25, -0.2) is 0 Å². The molecule has 0 aliphatic rings. The minimum Gasteiger partial charge on any atom is -0.370 e. The molecular formula is C8H17FN2O. The topological polar surface area (TPSA) is 55.1 Å². The van der Waals surface area contributed by atoms with Gasteiger partial charge in [0.05, 0.1) is 6.67 Å². The Morgan fingerprint density at radius 1 is 1.25 bits per heavy atom. The third-order valence-electron chi connectivity index (χ3n) is 1.54. The molecule has 1 amide bonds. The summed E-state index contributed by atoms with van der Waals surface area (Å²) in [7, 11) is 0. The first-order chi connectivity index (χ1) is 5.77. The zero-order valence-corrected chi connectivity index (χ0v) is 7.31. The second-order valence-electron chi connectivity index (χ2n) is 2.72. The number of carbonyl (C=O) groups excluding carboxylic acids is 1. The molecule has 0 saturated carbocycles. The maximum absolute atomic E-state index is 11.6. The van der Waals surface area contributed by atoms with Crippen LogP contribution >= 0.6 is 0 Å². The van der Waals surface area contributed by atoms with Crippen molar-refractivity contribution in [2.75, 3.05) is 19.8 Å². The second kappa shape index (κ2) is 8.46. The number of primary amides is 1. The molecule has 0 aromatic heterocycles. The van der Waals surface area contributed by atoms with Crippen LogP contribution in [0.25, 0.3) is 0 Å². The highest BCUT2D eigenvalue weighted by Gasteiger charge is 1.92. The Bertz CT molecular complexity index is 120. The monoisotopic (exact) mass is 176 g/mol. The van der Waals surface area contributed by atoms with Crippen LogP contribution in [0.3, 0.4) is 0 Å². The number of unbranched alkanes of at least 4 members (excludes halogenated alkanes) is 2. The van der Waals surface area contributed by atoms with Crippen molar-refractivity contribution in [2.24, 2.45) is 5.73 Å². The van der Waals surface area contributed by atoms with Crippen molar-refractivity contribution in [1.82, 2.24) is 5.32 Å². The van der Waals surface area contributed by atoms with E-state index in [0.29, 0.717) is 19.4 Å². The minimum atomic E-state index is -0.286. The van der Waals surface area contributed by atoms with Crippen LogP contribution in [-0.4, -0.2) is 25.7 Å². The lowest BCUT2D eigenvalue weighted by Crippen LogP contribution is -2.22. The first-order valence-corrected chi connectivity index (χ1v) is 4.32. The molecule has 0 bridgehead atoms. The molecule has 0 aliphatic heterocycles. The third kappa shape index (κ3) is 9.36. The predicted octanol–water partition coefficient (Wildman–Crippen LogP) is 0.591. The summed E-state index contributed by atoms with van der Waals surface area (Å²) in [5.41, 5.74) is 4.93. The molecule has 0 aromatic rings. The molecule has 0 aromatic carbocycles. The van der Waals surface area contributed by atoms with Crippen LogP contribution in [0.2, 0.25) is 0 Å². The van der Waals surface area contributed by atoms with E-state index in [4.69, 9.17) is 5.73 Å². The van der Waals surface area contributed by atoms with Gasteiger partial charge < -0.3 is 11.1 Å². The van der Waals surface area contributed by atoms with Gasteiger partial charge in [-0.2, -0.15) is 0 Å². The van der Waals surface area contributed by atoms with E-state index in [0.717, 1.165) is 19.4 Å². The highest BCUT2D eigenvalue weighted by Crippen LogP contribution is 1.93. The number of hydrogen-bond donors (Lipinski definition) is 2. The summed E-state index contributed by atoms with van der Waals surface area (Å²) >= 11 is 0. The van der Waals surface area contributed by atoms with Crippen LogP contribution < -0.4 is 11.1 Å². The van der Waals surface area contributed by atoms with Crippen molar-refractivity contribution in [3.8, 4) is 0 Å². The number of hydrogen-bond acceptors (Lipinski definition) is 2. The van der Waals surface area contributed by atoms with Crippen LogP contribution in [-0.2, 0) is 4.79 Å². The van der Waals surface area contributed by atoms with Gasteiger partial charge in [0.15, 0.2) is 0 Å². The number of carbonyl (C=O) groups is 1. The van der Waals surface area contributed by atoms with Crippen LogP contribution in [0.15, 0.2) is 0 Å². The van der Waals surface area contributed by atoms with Crippen molar-refractivity contribution in [1.29, 1.82) is 0 Å². The van der Waals surface area contributed by atoms with Gasteiger partial charge in [-0.1, -0.05) is 0 Å². The molecule has 0 heterocycles. The van der Waals surface area contributed by atoms with E-state index < -0.39 is 0 Å². The standard InChI is InChI=1S/C8H17FN2O/c9-5-2-1-3-6-11-7-4-8(10)12/h11H,1-7H2,(H2,10,12). The molecule has 3 N–H and O–H groups in total. The van der Waals surface area contributed by atoms with Crippen molar-refractivity contribution in [3.63, 3.8) is 0 Å². The summed E-state index contributed by atoms with van der Waals surface area (Å²) in [5.74, 6) is -0.286. The smallest absolute Gasteiger partial charge is 0.218 e. The highest BCUT2D eigenvalue weighted by atomic mass is 19.1. The Labute approximate surface area is 72.5 Å². The Morgan fingerprint density at radius 2 is 2.00 bits per heavy atom. The normalized spacial score (nSPS) is 10.1. The summed E-state index contributed by atoms with van der Waals surface area (Å²) in [6.45, 7) is 1.24. The van der Waals surface area contributed by atoms with Gasteiger partial charge in [-0.05, 0) is 25.8 Å². The number of alkyl halides is 1. The lowest BCUT2D eigenvalue weighted by molar-refractivity contribution is -0.117. The first kappa shape index (κ1) is 11.4. The summed E-state index contributed by atoms with van der Waals surface area (Å²) in [5, 5.41) is 3.05. The number of halogens is 1. The molecule has 0 unspecified atom stereocenters. The quantitative estimate of drug-likeness (QED) is 0.532. The molecule has 0 radical (unpaired) electrons. The van der Waals surface area contributed by atoms with Crippen molar-refractivity contribution >= 4 is 5.91 Å². The van der Waals surface area contributed by atoms with E-state index in [1.807, 2.05) is 0 Å². The van der Waals surface area contributed by atoms with E-state index in [1.54, 1.807) is 0 Å². The molecular weight excluding hydrogens is 159 g/mol. The van der Waals surface area contributed by atoms with Crippen molar-refractivity contribution in [2.45, 2.75) is 25.7 Å². The van der Waals surface area contributed by atoms with Gasteiger partial charge in [0.25, 0.3) is 0 Å². The van der Waals surface area contributed by atoms with Gasteiger partial charge in [0.1, 0.15) is 0 Å². The van der Waals surface area contributed by atoms with E-state index in [1.165, 1.54) is 0 Å². The Hall–Kier alpha value is -0.640. The number of nitrogens with one attached hydrogen (secondary N) is 1. The first-order valence-electron chi connectivity index (χ1n) is 4.32. The summed E-state index contributed by atoms with van der Waals surface area (Å²) in [6.07, 6.45) is 2.88. The van der Waals surface area contributed by atoms with Crippen LogP contribution in [0.5, 0.6) is 0 Å². The molecule has 0 spiro atoms. The summed E-state index contributed by atoms with van der Waals surface area (Å²) in [4.78, 5) is 10.3. The number of rotatable bonds is 8. The fraction of sp³-hybridized carbons (Fsp3) is 0.875. The number of amides is 1. The molecule has 4 heteroatoms. The molecule has 0 fully saturated rings. The van der Waals surface area contributed by atoms with Crippen LogP contribution in [0.4, 0.5) is 4.39 Å². The molecule has 0 rings (SSSR count). The maximum Gasteiger partial charge on any atom is 0.218 e. The number of nitrogens with two attached hydrogens (primary N) is 1. The minimum absolute atomic E-state index is 0.235. The Morgan fingerprint density at radius 3 is 2.58 bits per heavy atom. The van der Waals surface area contributed by atoms with E-state index >= 15 is 0 Å². The van der Waals surface area contributed by atoms with Gasteiger partial charge in [-0.3, -0.25) is 9.18 Å². The lowest BCUT2D eigenvalue weighted by Gasteiger charge is -2.01. The fourth-order valence-corrected chi connectivity index (χ4v) is 0.858. The predicted molar refractivity (Wildman–Crippen MR) is 46.5 cm³/mol. The van der Waals surface area contributed by atoms with E-state index in [9.17, 15) is 9.18 Å². The molecule has 3 nitrogen and oxygen atoms in total. The summed E-state index contributed by atoms with van der Waals surface area (Å²) in [6, 6.07) is 0. The zero-order chi connectivity index (χ0) is 9.23. The zero-order valence-electron chi connectivity index (χ0n) is 7.31. The van der Waals surface area contributed by atoms with Gasteiger partial charge in [-0.15, -0.1) is 0 Å². The molecule has 12 heavy (non-hydrogen) atoms. The van der Waals surface area contributed by atoms with Crippen molar-refractivity contribution in [3.05, 3.63) is 0 Å². The average Bonchev–Trinajstić information content (AvgIpc) is 2.02. The van der Waals surface area contributed by atoms with E-state index in [2.05, 4.69) is 5.32 Å². The fourth-order valence-electron chi connectivity index (χ4n) is 0.858. The lowest BCUT2D eigenvalue weighted by atomic mass is 10.2. The molecule has 72 valence electrons. The summed E-state index contributed by atoms with van der Waals surface area (Å²) < 4.78 is 11.6. The van der Waals surface area contributed by atoms with Gasteiger partial charge in [0.2, 0.25) is 5.91 Å². The van der Waals surface area contributed by atoms with Gasteiger partial charge in [0, 0.05) is 13.0 Å². The largest absolute Gasteiger partial charge is 0.370 e. The SMILES string of the molecule is NC(=O)CCNCCCCCF. The van der Waals surface area contributed by atoms with Crippen molar-refractivity contribution < 1.29 is 9.18 Å². The maximum atomic E-state index is 11.6. The average molecular weight is 176 g/mol. The second-order valence-corrected chi connectivity index (χ2v) is 2.72. The molecule has 0 atom stereocenters. The molecule has 0 aliphatic carbocycles. The Kier molecular flexibility index (Phi) is 8.01. The van der Waals surface area contributed by atoms with Gasteiger partial charge >= 0.3 is 0 Å². The molecule has 0 saturated heterocycles.